The van der Waals surface area contributed by atoms with Gasteiger partial charge in [0, 0.05) is 28.3 Å². The van der Waals surface area contributed by atoms with E-state index in [2.05, 4.69) is 26.6 Å². The molecule has 0 atom stereocenters. The molecule has 2 amide bonds. The average Bonchev–Trinajstić information content (AvgIpc) is 2.69. The van der Waals surface area contributed by atoms with Crippen LogP contribution in [0.2, 0.25) is 0 Å². The number of anilines is 2. The van der Waals surface area contributed by atoms with Crippen molar-refractivity contribution in [3.63, 3.8) is 0 Å². The molecule has 0 aliphatic heterocycles. The van der Waals surface area contributed by atoms with Crippen LogP contribution < -0.4 is 15.4 Å². The molecule has 142 valence electrons. The van der Waals surface area contributed by atoms with Gasteiger partial charge in [0.05, 0.1) is 5.56 Å². The van der Waals surface area contributed by atoms with E-state index >= 15 is 0 Å². The van der Waals surface area contributed by atoms with E-state index in [-0.39, 0.29) is 11.8 Å². The summed E-state index contributed by atoms with van der Waals surface area (Å²) in [6.45, 7) is 1.79. The Balaban J connectivity index is 1.70. The van der Waals surface area contributed by atoms with Gasteiger partial charge < -0.3 is 15.4 Å². The lowest BCUT2D eigenvalue weighted by atomic mass is 10.1. The molecule has 0 aliphatic rings. The van der Waals surface area contributed by atoms with Crippen molar-refractivity contribution < 1.29 is 14.3 Å². The maximum atomic E-state index is 12.7. The number of ether oxygens (including phenoxy) is 1. The van der Waals surface area contributed by atoms with E-state index in [1.165, 1.54) is 6.92 Å². The first kappa shape index (κ1) is 19.6. The molecular formula is C22H19BrN2O3. The average molecular weight is 439 g/mol. The predicted octanol–water partition coefficient (Wildman–Crippen LogP) is 5.24. The molecule has 0 radical (unpaired) electrons. The lowest BCUT2D eigenvalue weighted by Gasteiger charge is -2.13. The van der Waals surface area contributed by atoms with Gasteiger partial charge in [0.15, 0.2) is 0 Å². The fourth-order valence-electron chi connectivity index (χ4n) is 2.59. The Labute approximate surface area is 171 Å². The van der Waals surface area contributed by atoms with Gasteiger partial charge in [-0.3, -0.25) is 9.59 Å². The third kappa shape index (κ3) is 5.20. The molecule has 5 nitrogen and oxygen atoms in total. The number of carbonyl (C=O) groups is 2. The molecule has 0 aromatic heterocycles. The largest absolute Gasteiger partial charge is 0.488 e. The van der Waals surface area contributed by atoms with Gasteiger partial charge in [-0.15, -0.1) is 0 Å². The fourth-order valence-corrected chi connectivity index (χ4v) is 2.99. The predicted molar refractivity (Wildman–Crippen MR) is 114 cm³/mol. The minimum absolute atomic E-state index is 0.145. The van der Waals surface area contributed by atoms with E-state index in [0.717, 1.165) is 10.0 Å². The van der Waals surface area contributed by atoms with Crippen molar-refractivity contribution in [1.29, 1.82) is 0 Å². The molecule has 28 heavy (non-hydrogen) atoms. The smallest absolute Gasteiger partial charge is 0.259 e. The van der Waals surface area contributed by atoms with E-state index in [0.29, 0.717) is 29.3 Å². The number of halogens is 1. The summed E-state index contributed by atoms with van der Waals surface area (Å²) in [6, 6.07) is 21.8. The van der Waals surface area contributed by atoms with Crippen LogP contribution in [0.1, 0.15) is 22.8 Å². The lowest BCUT2D eigenvalue weighted by Crippen LogP contribution is -2.14. The zero-order valence-corrected chi connectivity index (χ0v) is 16.8. The molecule has 3 aromatic carbocycles. The third-order valence-electron chi connectivity index (χ3n) is 3.94. The second kappa shape index (κ2) is 9.19. The van der Waals surface area contributed by atoms with Crippen molar-refractivity contribution in [2.24, 2.45) is 0 Å². The number of carbonyl (C=O) groups excluding carboxylic acids is 2. The molecular weight excluding hydrogens is 420 g/mol. The first-order chi connectivity index (χ1) is 13.5. The number of nitrogens with one attached hydrogen (secondary N) is 2. The Morgan fingerprint density at radius 3 is 2.14 bits per heavy atom. The molecule has 0 aliphatic carbocycles. The minimum atomic E-state index is -0.269. The normalized spacial score (nSPS) is 10.2. The summed E-state index contributed by atoms with van der Waals surface area (Å²) in [6.07, 6.45) is 0. The van der Waals surface area contributed by atoms with E-state index in [1.807, 2.05) is 30.3 Å². The molecule has 0 spiro atoms. The number of rotatable bonds is 6. The zero-order chi connectivity index (χ0) is 19.9. The van der Waals surface area contributed by atoms with Gasteiger partial charge in [-0.25, -0.2) is 0 Å². The fraction of sp³-hybridized carbons (Fsp3) is 0.0909. The molecule has 0 fully saturated rings. The van der Waals surface area contributed by atoms with E-state index in [4.69, 9.17) is 4.74 Å². The van der Waals surface area contributed by atoms with E-state index in [1.54, 1.807) is 42.5 Å². The summed E-state index contributed by atoms with van der Waals surface area (Å²) in [5, 5.41) is 5.54. The molecule has 2 N–H and O–H groups in total. The van der Waals surface area contributed by atoms with E-state index < -0.39 is 0 Å². The number of benzene rings is 3. The summed E-state index contributed by atoms with van der Waals surface area (Å²) in [5.41, 5.74) is 2.73. The molecule has 0 saturated heterocycles. The molecule has 0 heterocycles. The maximum absolute atomic E-state index is 12.7. The number of hydrogen-bond acceptors (Lipinski definition) is 3. The second-order valence-electron chi connectivity index (χ2n) is 6.09. The summed E-state index contributed by atoms with van der Waals surface area (Å²) >= 11 is 3.50. The number of hydrogen-bond donors (Lipinski definition) is 2. The van der Waals surface area contributed by atoms with Crippen LogP contribution in [0.5, 0.6) is 5.75 Å². The first-order valence-electron chi connectivity index (χ1n) is 8.67. The Bertz CT molecular complexity index is 987. The minimum Gasteiger partial charge on any atom is -0.488 e. The summed E-state index contributed by atoms with van der Waals surface area (Å²) < 4.78 is 6.84. The number of amides is 2. The van der Waals surface area contributed by atoms with E-state index in [9.17, 15) is 9.59 Å². The zero-order valence-electron chi connectivity index (χ0n) is 15.2. The van der Waals surface area contributed by atoms with Crippen LogP contribution in [0, 0.1) is 0 Å². The third-order valence-corrected chi connectivity index (χ3v) is 4.71. The standard InChI is InChI=1S/C22H19BrN2O3/c1-15(26)24-17-10-12-18(13-11-17)25-22(27)19-7-3-5-9-21(19)28-14-16-6-2-4-8-20(16)23/h2-13H,14H2,1H3,(H,24,26)(H,25,27). The molecule has 3 aromatic rings. The van der Waals surface area contributed by atoms with Gasteiger partial charge in [-0.1, -0.05) is 46.3 Å². The van der Waals surface area contributed by atoms with Gasteiger partial charge in [0.2, 0.25) is 5.91 Å². The highest BCUT2D eigenvalue weighted by Gasteiger charge is 2.13. The van der Waals surface area contributed by atoms with Gasteiger partial charge in [0.1, 0.15) is 12.4 Å². The highest BCUT2D eigenvalue weighted by atomic mass is 79.9. The van der Waals surface area contributed by atoms with Crippen LogP contribution in [-0.4, -0.2) is 11.8 Å². The first-order valence-corrected chi connectivity index (χ1v) is 9.46. The quantitative estimate of drug-likeness (QED) is 0.552. The van der Waals surface area contributed by atoms with Crippen molar-refractivity contribution in [2.45, 2.75) is 13.5 Å². The van der Waals surface area contributed by atoms with Crippen LogP contribution in [-0.2, 0) is 11.4 Å². The Morgan fingerprint density at radius 2 is 1.46 bits per heavy atom. The Morgan fingerprint density at radius 1 is 0.857 bits per heavy atom. The molecule has 0 unspecified atom stereocenters. The van der Waals surface area contributed by atoms with Crippen molar-refractivity contribution in [3.8, 4) is 5.75 Å². The van der Waals surface area contributed by atoms with Gasteiger partial charge >= 0.3 is 0 Å². The highest BCUT2D eigenvalue weighted by molar-refractivity contribution is 9.10. The summed E-state index contributed by atoms with van der Waals surface area (Å²) in [5.74, 6) is 0.0912. The van der Waals surface area contributed by atoms with Crippen LogP contribution in [0.4, 0.5) is 11.4 Å². The van der Waals surface area contributed by atoms with Crippen molar-refractivity contribution in [1.82, 2.24) is 0 Å². The van der Waals surface area contributed by atoms with Crippen molar-refractivity contribution in [3.05, 3.63) is 88.4 Å². The van der Waals surface area contributed by atoms with Gasteiger partial charge in [-0.05, 0) is 42.5 Å². The van der Waals surface area contributed by atoms with Gasteiger partial charge in [0.25, 0.3) is 5.91 Å². The molecule has 0 saturated carbocycles. The summed E-state index contributed by atoms with van der Waals surface area (Å²) in [7, 11) is 0. The van der Waals surface area contributed by atoms with Crippen molar-refractivity contribution in [2.75, 3.05) is 10.6 Å². The maximum Gasteiger partial charge on any atom is 0.259 e. The van der Waals surface area contributed by atoms with Crippen LogP contribution in [0.15, 0.2) is 77.3 Å². The molecule has 3 rings (SSSR count). The monoisotopic (exact) mass is 438 g/mol. The summed E-state index contributed by atoms with van der Waals surface area (Å²) in [4.78, 5) is 23.8. The topological polar surface area (TPSA) is 67.4 Å². The van der Waals surface area contributed by atoms with Crippen LogP contribution in [0.3, 0.4) is 0 Å². The molecule has 6 heteroatoms. The highest BCUT2D eigenvalue weighted by Crippen LogP contribution is 2.23. The second-order valence-corrected chi connectivity index (χ2v) is 6.94. The SMILES string of the molecule is CC(=O)Nc1ccc(NC(=O)c2ccccc2OCc2ccccc2Br)cc1. The lowest BCUT2D eigenvalue weighted by molar-refractivity contribution is -0.114. The Kier molecular flexibility index (Phi) is 6.45. The molecule has 0 bridgehead atoms. The van der Waals surface area contributed by atoms with Gasteiger partial charge in [-0.2, -0.15) is 0 Å². The Hall–Kier alpha value is -3.12. The van der Waals surface area contributed by atoms with Crippen LogP contribution >= 0.6 is 15.9 Å². The van der Waals surface area contributed by atoms with Crippen LogP contribution in [0.25, 0.3) is 0 Å². The number of para-hydroxylation sites is 1. The van der Waals surface area contributed by atoms with Crippen molar-refractivity contribution >= 4 is 39.1 Å².